The molecular formula is C13H31N5O. The first kappa shape index (κ1) is 20.4. The van der Waals surface area contributed by atoms with Gasteiger partial charge >= 0.3 is 0 Å². The molecule has 6 heteroatoms. The second kappa shape index (κ2) is 19.4. The maximum Gasteiger partial charge on any atom is 0.240 e. The van der Waals surface area contributed by atoms with E-state index in [4.69, 9.17) is 11.5 Å². The Bertz CT molecular complexity index is 187. The van der Waals surface area contributed by atoms with E-state index >= 15 is 0 Å². The molecule has 0 aromatic rings. The van der Waals surface area contributed by atoms with Gasteiger partial charge in [-0.15, -0.1) is 0 Å². The summed E-state index contributed by atoms with van der Waals surface area (Å²) in [5, 5.41) is 6.72. The predicted octanol–water partition coefficient (Wildman–Crippen LogP) is -0.699. The molecule has 6 nitrogen and oxygen atoms in total. The Labute approximate surface area is 117 Å². The van der Waals surface area contributed by atoms with Crippen LogP contribution in [0.4, 0.5) is 0 Å². The van der Waals surface area contributed by atoms with Gasteiger partial charge in [0.05, 0.1) is 0 Å². The molecule has 0 saturated heterocycles. The van der Waals surface area contributed by atoms with E-state index in [0.29, 0.717) is 0 Å². The first-order chi connectivity index (χ1) is 9.18. The summed E-state index contributed by atoms with van der Waals surface area (Å²) < 4.78 is 0. The zero-order chi connectivity index (χ0) is 14.8. The molecule has 114 valence electrons. The lowest BCUT2D eigenvalue weighted by molar-refractivity contribution is -0.113. The highest BCUT2D eigenvalue weighted by Crippen LogP contribution is 1.85. The van der Waals surface area contributed by atoms with Gasteiger partial charge < -0.3 is 27.8 Å². The fourth-order valence-electron chi connectivity index (χ4n) is 1.20. The maximum atomic E-state index is 9.47. The lowest BCUT2D eigenvalue weighted by Crippen LogP contribution is -2.22. The number of carbonyl (C=O) groups excluding carboxylic acids is 1. The molecule has 0 aliphatic carbocycles. The van der Waals surface area contributed by atoms with Crippen molar-refractivity contribution in [2.24, 2.45) is 17.2 Å². The second-order valence-electron chi connectivity index (χ2n) is 4.10. The third-order valence-electron chi connectivity index (χ3n) is 2.27. The number of amides is 1. The van der Waals surface area contributed by atoms with Crippen LogP contribution in [0.25, 0.3) is 0 Å². The van der Waals surface area contributed by atoms with Gasteiger partial charge in [0.2, 0.25) is 5.91 Å². The number of primary amides is 1. The molecule has 0 unspecified atom stereocenters. The van der Waals surface area contributed by atoms with E-state index in [2.05, 4.69) is 22.9 Å². The standard InChI is InChI=1S/C10H26N4.C3H5NO/c11-5-3-9-13-7-1-2-8-14-10-4-6-12;1-2-3(4)5/h13-14H,1-12H2;2H,1H2,(H2,4,5). The summed E-state index contributed by atoms with van der Waals surface area (Å²) in [6.45, 7) is 8.98. The van der Waals surface area contributed by atoms with Crippen LogP contribution in [0.15, 0.2) is 12.7 Å². The number of nitrogens with two attached hydrogens (primary N) is 3. The largest absolute Gasteiger partial charge is 0.366 e. The molecule has 0 atom stereocenters. The highest BCUT2D eigenvalue weighted by Gasteiger charge is 1.89. The van der Waals surface area contributed by atoms with Gasteiger partial charge in [0.15, 0.2) is 0 Å². The highest BCUT2D eigenvalue weighted by molar-refractivity contribution is 5.84. The molecule has 1 amide bonds. The molecule has 0 aliphatic heterocycles. The summed E-state index contributed by atoms with van der Waals surface area (Å²) in [6, 6.07) is 0. The van der Waals surface area contributed by atoms with Crippen LogP contribution in [0.3, 0.4) is 0 Å². The maximum absolute atomic E-state index is 9.47. The van der Waals surface area contributed by atoms with Crippen LogP contribution in [-0.4, -0.2) is 45.2 Å². The van der Waals surface area contributed by atoms with E-state index in [1.165, 1.54) is 12.8 Å². The topological polar surface area (TPSA) is 119 Å². The molecule has 0 spiro atoms. The number of hydrogen-bond donors (Lipinski definition) is 5. The molecule has 0 fully saturated rings. The number of carbonyl (C=O) groups is 1. The number of hydrogen-bond acceptors (Lipinski definition) is 5. The van der Waals surface area contributed by atoms with Crippen LogP contribution < -0.4 is 27.8 Å². The van der Waals surface area contributed by atoms with Crippen molar-refractivity contribution >= 4 is 5.91 Å². The lowest BCUT2D eigenvalue weighted by atomic mass is 10.3. The van der Waals surface area contributed by atoms with Gasteiger partial charge in [0.1, 0.15) is 0 Å². The molecule has 0 aliphatic rings. The zero-order valence-corrected chi connectivity index (χ0v) is 12.0. The Morgan fingerprint density at radius 2 is 1.21 bits per heavy atom. The second-order valence-corrected chi connectivity index (χ2v) is 4.10. The minimum Gasteiger partial charge on any atom is -0.366 e. The Hall–Kier alpha value is -0.950. The molecule has 0 saturated carbocycles. The monoisotopic (exact) mass is 273 g/mol. The molecule has 0 heterocycles. The van der Waals surface area contributed by atoms with Crippen LogP contribution in [-0.2, 0) is 4.79 Å². The summed E-state index contributed by atoms with van der Waals surface area (Å²) in [4.78, 5) is 9.47. The summed E-state index contributed by atoms with van der Waals surface area (Å²) in [5.41, 5.74) is 15.3. The normalized spacial score (nSPS) is 9.58. The third-order valence-corrected chi connectivity index (χ3v) is 2.27. The Kier molecular flexibility index (Phi) is 20.8. The molecule has 8 N–H and O–H groups in total. The first-order valence-electron chi connectivity index (χ1n) is 6.92. The average Bonchev–Trinajstić information content (AvgIpc) is 2.41. The van der Waals surface area contributed by atoms with Crippen LogP contribution in [0.2, 0.25) is 0 Å². The minimum absolute atomic E-state index is 0.481. The van der Waals surface area contributed by atoms with E-state index < -0.39 is 5.91 Å². The fourth-order valence-corrected chi connectivity index (χ4v) is 1.20. The van der Waals surface area contributed by atoms with Crippen LogP contribution >= 0.6 is 0 Å². The number of nitrogens with one attached hydrogen (secondary N) is 2. The summed E-state index contributed by atoms with van der Waals surface area (Å²) in [5.74, 6) is -0.481. The van der Waals surface area contributed by atoms with Gasteiger partial charge in [0.25, 0.3) is 0 Å². The Morgan fingerprint density at radius 3 is 1.47 bits per heavy atom. The van der Waals surface area contributed by atoms with E-state index in [1.807, 2.05) is 0 Å². The van der Waals surface area contributed by atoms with E-state index in [0.717, 1.165) is 58.2 Å². The third kappa shape index (κ3) is 26.6. The fraction of sp³-hybridized carbons (Fsp3) is 0.769. The summed E-state index contributed by atoms with van der Waals surface area (Å²) >= 11 is 0. The smallest absolute Gasteiger partial charge is 0.240 e. The van der Waals surface area contributed by atoms with Crippen LogP contribution in [0.1, 0.15) is 25.7 Å². The highest BCUT2D eigenvalue weighted by atomic mass is 16.1. The average molecular weight is 273 g/mol. The van der Waals surface area contributed by atoms with Crippen molar-refractivity contribution in [3.63, 3.8) is 0 Å². The molecule has 0 rings (SSSR count). The molecule has 0 radical (unpaired) electrons. The van der Waals surface area contributed by atoms with Gasteiger partial charge in [-0.2, -0.15) is 0 Å². The Balaban J connectivity index is 0. The van der Waals surface area contributed by atoms with Gasteiger partial charge in [-0.1, -0.05) is 6.58 Å². The molecular weight excluding hydrogens is 242 g/mol. The summed E-state index contributed by atoms with van der Waals surface area (Å²) in [7, 11) is 0. The van der Waals surface area contributed by atoms with E-state index in [9.17, 15) is 4.79 Å². The molecule has 19 heavy (non-hydrogen) atoms. The van der Waals surface area contributed by atoms with Gasteiger partial charge in [-0.3, -0.25) is 4.79 Å². The van der Waals surface area contributed by atoms with Crippen molar-refractivity contribution in [2.45, 2.75) is 25.7 Å². The van der Waals surface area contributed by atoms with Crippen LogP contribution in [0, 0.1) is 0 Å². The SMILES string of the molecule is C=CC(N)=O.NCCCNCCCCNCCCN. The van der Waals surface area contributed by atoms with Gasteiger partial charge in [-0.05, 0) is 71.0 Å². The van der Waals surface area contributed by atoms with Gasteiger partial charge in [0, 0.05) is 0 Å². The van der Waals surface area contributed by atoms with Crippen molar-refractivity contribution in [2.75, 3.05) is 39.3 Å². The molecule has 0 bridgehead atoms. The van der Waals surface area contributed by atoms with Crippen molar-refractivity contribution < 1.29 is 4.79 Å². The predicted molar refractivity (Wildman–Crippen MR) is 81.7 cm³/mol. The number of rotatable bonds is 12. The molecule has 0 aromatic carbocycles. The van der Waals surface area contributed by atoms with Crippen molar-refractivity contribution in [3.05, 3.63) is 12.7 Å². The van der Waals surface area contributed by atoms with E-state index in [1.54, 1.807) is 0 Å². The zero-order valence-electron chi connectivity index (χ0n) is 12.0. The lowest BCUT2D eigenvalue weighted by Gasteiger charge is -2.04. The number of unbranched alkanes of at least 4 members (excludes halogenated alkanes) is 1. The quantitative estimate of drug-likeness (QED) is 0.238. The molecule has 0 aromatic heterocycles. The summed E-state index contributed by atoms with van der Waals surface area (Å²) in [6.07, 6.45) is 5.68. The van der Waals surface area contributed by atoms with Crippen molar-refractivity contribution in [3.8, 4) is 0 Å². The van der Waals surface area contributed by atoms with Crippen molar-refractivity contribution in [1.29, 1.82) is 0 Å². The minimum atomic E-state index is -0.481. The van der Waals surface area contributed by atoms with Gasteiger partial charge in [-0.25, -0.2) is 0 Å². The first-order valence-corrected chi connectivity index (χ1v) is 6.92. The van der Waals surface area contributed by atoms with Crippen molar-refractivity contribution in [1.82, 2.24) is 10.6 Å². The Morgan fingerprint density at radius 1 is 0.895 bits per heavy atom. The van der Waals surface area contributed by atoms with Crippen LogP contribution in [0.5, 0.6) is 0 Å². The van der Waals surface area contributed by atoms with E-state index in [-0.39, 0.29) is 0 Å².